The van der Waals surface area contributed by atoms with E-state index >= 15 is 4.39 Å². The van der Waals surface area contributed by atoms with Crippen LogP contribution in [-0.4, -0.2) is 56.5 Å². The van der Waals surface area contributed by atoms with Gasteiger partial charge in [-0.3, -0.25) is 9.48 Å². The van der Waals surface area contributed by atoms with Crippen LogP contribution in [0.1, 0.15) is 28.9 Å². The Balaban J connectivity index is 1.66. The zero-order valence-corrected chi connectivity index (χ0v) is 19.3. The fraction of sp³-hybridized carbons (Fsp3) is 0.280. The summed E-state index contributed by atoms with van der Waals surface area (Å²) < 4.78 is 33.3. The number of aromatic nitrogens is 4. The summed E-state index contributed by atoms with van der Waals surface area (Å²) in [6.07, 6.45) is 3.53. The number of likely N-dealkylation sites (tertiary alicyclic amines) is 1. The lowest BCUT2D eigenvalue weighted by atomic mass is 10.0. The number of rotatable bonds is 4. The Morgan fingerprint density at radius 1 is 1.20 bits per heavy atom. The van der Waals surface area contributed by atoms with E-state index in [0.29, 0.717) is 18.7 Å². The van der Waals surface area contributed by atoms with Gasteiger partial charge in [0.2, 0.25) is 0 Å². The maximum absolute atomic E-state index is 16.0. The smallest absolute Gasteiger partial charge is 0.277 e. The average molecular weight is 476 g/mol. The molecule has 1 amide bonds. The molecule has 4 aromatic rings. The standard InChI is InChI=1S/C25H23F2N7O/c1-29-18-4-3-9-33(14-18)25(35)23-22(27)24(15-6-8-21-17(10-15)13-32(2)30-21)34(31-23)19-7-5-16(12-28)20(26)11-19/h5-8,10-11,13,18,29H,3-4,9,14H2,1-2H3/t18-/m1/s1. The number of halogens is 2. The van der Waals surface area contributed by atoms with Crippen molar-refractivity contribution in [3.8, 4) is 23.0 Å². The highest BCUT2D eigenvalue weighted by Crippen LogP contribution is 2.31. The number of hydrogen-bond acceptors (Lipinski definition) is 5. The number of amides is 1. The number of nitrogens with zero attached hydrogens (tertiary/aromatic N) is 6. The summed E-state index contributed by atoms with van der Waals surface area (Å²) in [5, 5.41) is 21.7. The minimum Gasteiger partial charge on any atom is -0.336 e. The van der Waals surface area contributed by atoms with Crippen LogP contribution in [0.2, 0.25) is 0 Å². The van der Waals surface area contributed by atoms with Crippen LogP contribution in [0.3, 0.4) is 0 Å². The van der Waals surface area contributed by atoms with Gasteiger partial charge in [-0.25, -0.2) is 13.5 Å². The first kappa shape index (κ1) is 22.7. The molecule has 8 nitrogen and oxygen atoms in total. The number of aryl methyl sites for hydroxylation is 1. The van der Waals surface area contributed by atoms with E-state index in [1.165, 1.54) is 16.8 Å². The van der Waals surface area contributed by atoms with Crippen molar-refractivity contribution in [2.24, 2.45) is 7.05 Å². The van der Waals surface area contributed by atoms with Crippen molar-refractivity contribution in [2.75, 3.05) is 20.1 Å². The monoisotopic (exact) mass is 475 g/mol. The van der Waals surface area contributed by atoms with Crippen LogP contribution in [0.4, 0.5) is 8.78 Å². The molecule has 1 atom stereocenters. The lowest BCUT2D eigenvalue weighted by molar-refractivity contribution is 0.0687. The Labute approximate surface area is 200 Å². The van der Waals surface area contributed by atoms with Crippen molar-refractivity contribution in [1.29, 1.82) is 5.26 Å². The van der Waals surface area contributed by atoms with Crippen molar-refractivity contribution in [1.82, 2.24) is 29.8 Å². The minimum absolute atomic E-state index is 0.0328. The van der Waals surface area contributed by atoms with E-state index < -0.39 is 17.5 Å². The van der Waals surface area contributed by atoms with Crippen molar-refractivity contribution >= 4 is 16.8 Å². The molecule has 0 saturated carbocycles. The highest BCUT2D eigenvalue weighted by atomic mass is 19.1. The summed E-state index contributed by atoms with van der Waals surface area (Å²) in [5.41, 5.74) is 0.967. The first-order valence-electron chi connectivity index (χ1n) is 11.3. The summed E-state index contributed by atoms with van der Waals surface area (Å²) in [6.45, 7) is 0.954. The maximum atomic E-state index is 16.0. The maximum Gasteiger partial charge on any atom is 0.277 e. The van der Waals surface area contributed by atoms with E-state index in [-0.39, 0.29) is 28.7 Å². The fourth-order valence-corrected chi connectivity index (χ4v) is 4.54. The van der Waals surface area contributed by atoms with Crippen LogP contribution in [-0.2, 0) is 7.05 Å². The number of fused-ring (bicyclic) bond motifs is 1. The number of likely N-dealkylation sites (N-methyl/N-ethyl adjacent to an activating group) is 1. The molecule has 2 aromatic heterocycles. The van der Waals surface area contributed by atoms with Crippen molar-refractivity contribution in [2.45, 2.75) is 18.9 Å². The summed E-state index contributed by atoms with van der Waals surface area (Å²) in [4.78, 5) is 14.9. The second-order valence-corrected chi connectivity index (χ2v) is 8.65. The summed E-state index contributed by atoms with van der Waals surface area (Å²) >= 11 is 0. The number of carbonyl (C=O) groups excluding carboxylic acids is 1. The Bertz CT molecular complexity index is 1480. The third-order valence-electron chi connectivity index (χ3n) is 6.36. The largest absolute Gasteiger partial charge is 0.336 e. The molecular formula is C25H23F2N7O. The van der Waals surface area contributed by atoms with Gasteiger partial charge in [-0.1, -0.05) is 6.07 Å². The second kappa shape index (κ2) is 8.92. The topological polar surface area (TPSA) is 91.8 Å². The zero-order valence-electron chi connectivity index (χ0n) is 19.3. The number of hydrogen-bond donors (Lipinski definition) is 1. The highest BCUT2D eigenvalue weighted by molar-refractivity contribution is 5.95. The van der Waals surface area contributed by atoms with E-state index in [1.54, 1.807) is 47.1 Å². The molecule has 3 heterocycles. The molecule has 2 aromatic carbocycles. The molecule has 178 valence electrons. The molecule has 1 N–H and O–H groups in total. The molecule has 35 heavy (non-hydrogen) atoms. The Morgan fingerprint density at radius 3 is 2.77 bits per heavy atom. The Morgan fingerprint density at radius 2 is 2.03 bits per heavy atom. The number of nitrogens with one attached hydrogen (secondary N) is 1. The summed E-state index contributed by atoms with van der Waals surface area (Å²) in [6, 6.07) is 11.0. The molecule has 1 aliphatic rings. The van der Waals surface area contributed by atoms with Crippen molar-refractivity contribution in [3.63, 3.8) is 0 Å². The van der Waals surface area contributed by atoms with Crippen LogP contribution in [0.25, 0.3) is 27.8 Å². The van der Waals surface area contributed by atoms with Gasteiger partial charge in [-0.05, 0) is 44.2 Å². The fourth-order valence-electron chi connectivity index (χ4n) is 4.54. The lowest BCUT2D eigenvalue weighted by Crippen LogP contribution is -2.47. The first-order chi connectivity index (χ1) is 16.9. The minimum atomic E-state index is -0.783. The molecule has 1 aliphatic heterocycles. The van der Waals surface area contributed by atoms with Gasteiger partial charge in [0.1, 0.15) is 17.6 Å². The van der Waals surface area contributed by atoms with Gasteiger partial charge >= 0.3 is 0 Å². The molecule has 0 bridgehead atoms. The molecule has 0 aliphatic carbocycles. The number of nitriles is 1. The van der Waals surface area contributed by atoms with Crippen molar-refractivity contribution in [3.05, 3.63) is 65.5 Å². The van der Waals surface area contributed by atoms with E-state index in [9.17, 15) is 9.18 Å². The van der Waals surface area contributed by atoms with Gasteiger partial charge in [0, 0.05) is 49.4 Å². The average Bonchev–Trinajstić information content (AvgIpc) is 3.41. The molecule has 0 spiro atoms. The van der Waals surface area contributed by atoms with E-state index in [2.05, 4.69) is 15.5 Å². The van der Waals surface area contributed by atoms with Crippen molar-refractivity contribution < 1.29 is 13.6 Å². The number of benzene rings is 2. The third kappa shape index (κ3) is 4.04. The molecular weight excluding hydrogens is 452 g/mol. The second-order valence-electron chi connectivity index (χ2n) is 8.65. The van der Waals surface area contributed by atoms with E-state index in [1.807, 2.05) is 7.05 Å². The number of piperidine rings is 1. The van der Waals surface area contributed by atoms with Gasteiger partial charge in [0.25, 0.3) is 5.91 Å². The van der Waals surface area contributed by atoms with Gasteiger partial charge in [-0.2, -0.15) is 15.5 Å². The third-order valence-corrected chi connectivity index (χ3v) is 6.36. The van der Waals surface area contributed by atoms with Gasteiger partial charge in [0.15, 0.2) is 11.5 Å². The molecule has 10 heteroatoms. The number of carbonyl (C=O) groups is 1. The van der Waals surface area contributed by atoms with Crippen LogP contribution in [0, 0.1) is 23.0 Å². The van der Waals surface area contributed by atoms with Crippen LogP contribution in [0.5, 0.6) is 0 Å². The normalized spacial score (nSPS) is 16.0. The molecule has 0 unspecified atom stereocenters. The van der Waals surface area contributed by atoms with E-state index in [4.69, 9.17) is 5.26 Å². The Kier molecular flexibility index (Phi) is 5.78. The SMILES string of the molecule is CN[C@@H]1CCCN(C(=O)c2nn(-c3ccc(C#N)c(F)c3)c(-c3ccc4nn(C)cc4c3)c2F)C1. The van der Waals surface area contributed by atoms with Crippen LogP contribution in [0.15, 0.2) is 42.6 Å². The van der Waals surface area contributed by atoms with Gasteiger partial charge in [-0.15, -0.1) is 0 Å². The predicted octanol–water partition coefficient (Wildman–Crippen LogP) is 3.40. The van der Waals surface area contributed by atoms with Gasteiger partial charge in [0.05, 0.1) is 16.8 Å². The quantitative estimate of drug-likeness (QED) is 0.489. The van der Waals surface area contributed by atoms with Gasteiger partial charge < -0.3 is 10.2 Å². The zero-order chi connectivity index (χ0) is 24.7. The van der Waals surface area contributed by atoms with Crippen LogP contribution < -0.4 is 5.32 Å². The lowest BCUT2D eigenvalue weighted by Gasteiger charge is -2.32. The van der Waals surface area contributed by atoms with Crippen LogP contribution >= 0.6 is 0 Å². The summed E-state index contributed by atoms with van der Waals surface area (Å²) in [5.74, 6) is -2.05. The molecule has 0 radical (unpaired) electrons. The van der Waals surface area contributed by atoms with E-state index in [0.717, 1.165) is 29.8 Å². The molecule has 1 saturated heterocycles. The molecule has 5 rings (SSSR count). The first-order valence-corrected chi connectivity index (χ1v) is 11.3. The Hall–Kier alpha value is -4.10. The highest BCUT2D eigenvalue weighted by Gasteiger charge is 2.31. The molecule has 1 fully saturated rings. The predicted molar refractivity (Wildman–Crippen MR) is 126 cm³/mol. The summed E-state index contributed by atoms with van der Waals surface area (Å²) in [7, 11) is 3.62.